The molecule has 0 aromatic rings. The molecule has 3 aliphatic heterocycles. The first kappa shape index (κ1) is 31.5. The largest absolute Gasteiger partial charge is 0.460 e. The van der Waals surface area contributed by atoms with E-state index in [4.69, 9.17) is 18.9 Å². The summed E-state index contributed by atoms with van der Waals surface area (Å²) in [6.07, 6.45) is 1.58. The topological polar surface area (TPSA) is 158 Å². The monoisotopic (exact) mass is 620 g/mol. The second-order valence-electron chi connectivity index (χ2n) is 16.1. The zero-order chi connectivity index (χ0) is 31.6. The van der Waals surface area contributed by atoms with E-state index in [9.17, 15) is 30.3 Å². The molecule has 44 heavy (non-hydrogen) atoms. The number of hydrogen-bond acceptors (Lipinski definition) is 10. The predicted octanol–water partition coefficient (Wildman–Crippen LogP) is 2.22. The van der Waals surface area contributed by atoms with Crippen LogP contribution in [0.15, 0.2) is 11.6 Å². The second-order valence-corrected chi connectivity index (χ2v) is 16.1. The number of cyclic esters (lactones) is 1. The van der Waals surface area contributed by atoms with Crippen LogP contribution < -0.4 is 0 Å². The van der Waals surface area contributed by atoms with Gasteiger partial charge >= 0.3 is 5.97 Å². The molecule has 4 aliphatic carbocycles. The highest BCUT2D eigenvalue weighted by molar-refractivity contribution is 5.85. The van der Waals surface area contributed by atoms with Crippen molar-refractivity contribution in [2.75, 3.05) is 6.61 Å². The highest BCUT2D eigenvalue weighted by Gasteiger charge is 2.74. The molecule has 7 rings (SSSR count). The summed E-state index contributed by atoms with van der Waals surface area (Å²) in [4.78, 5) is 12.8. The van der Waals surface area contributed by atoms with Crippen LogP contribution in [0.25, 0.3) is 0 Å². The van der Waals surface area contributed by atoms with E-state index in [0.717, 1.165) is 38.5 Å². The average Bonchev–Trinajstić information content (AvgIpc) is 3.39. The number of aliphatic hydroxyl groups excluding tert-OH is 5. The smallest absolute Gasteiger partial charge is 0.341 e. The number of rotatable bonds is 5. The maximum Gasteiger partial charge on any atom is 0.341 e. The number of fused-ring (bicyclic) bond motifs is 6. The molecule has 248 valence electrons. The number of carbonyl (C=O) groups is 1. The van der Waals surface area contributed by atoms with E-state index < -0.39 is 60.7 Å². The molecule has 7 aliphatic rings. The van der Waals surface area contributed by atoms with Gasteiger partial charge in [-0.1, -0.05) is 32.4 Å². The summed E-state index contributed by atoms with van der Waals surface area (Å²) in [5.74, 6) is 1.86. The Morgan fingerprint density at radius 2 is 1.77 bits per heavy atom. The third-order valence-corrected chi connectivity index (χ3v) is 14.3. The van der Waals surface area contributed by atoms with Gasteiger partial charge in [-0.3, -0.25) is 0 Å². The van der Waals surface area contributed by atoms with Crippen LogP contribution in [0, 0.1) is 40.4 Å². The molecular formula is C34H52O10. The first-order valence-electron chi connectivity index (χ1n) is 16.9. The predicted molar refractivity (Wildman–Crippen MR) is 157 cm³/mol. The Kier molecular flexibility index (Phi) is 7.47. The lowest BCUT2D eigenvalue weighted by molar-refractivity contribution is -0.315. The van der Waals surface area contributed by atoms with E-state index >= 15 is 0 Å². The van der Waals surface area contributed by atoms with Gasteiger partial charge in [0.2, 0.25) is 0 Å². The molecule has 0 amide bonds. The average molecular weight is 621 g/mol. The van der Waals surface area contributed by atoms with E-state index in [1.165, 1.54) is 5.57 Å². The maximum absolute atomic E-state index is 12.8. The Morgan fingerprint density at radius 1 is 1.02 bits per heavy atom. The van der Waals surface area contributed by atoms with Gasteiger partial charge in [0, 0.05) is 18.3 Å². The van der Waals surface area contributed by atoms with E-state index in [2.05, 4.69) is 26.8 Å². The summed E-state index contributed by atoms with van der Waals surface area (Å²) in [5.41, 5.74) is -0.239. The van der Waals surface area contributed by atoms with Crippen molar-refractivity contribution in [1.29, 1.82) is 0 Å². The number of carbonyl (C=O) groups excluding carboxylic acids is 1. The summed E-state index contributed by atoms with van der Waals surface area (Å²) in [6.45, 7) is 10.3. The van der Waals surface area contributed by atoms with Crippen LogP contribution in [-0.4, -0.2) is 98.3 Å². The van der Waals surface area contributed by atoms with Crippen molar-refractivity contribution in [3.63, 3.8) is 0 Å². The van der Waals surface area contributed by atoms with Crippen LogP contribution in [0.2, 0.25) is 0 Å². The summed E-state index contributed by atoms with van der Waals surface area (Å²) < 4.78 is 23.6. The number of aliphatic hydroxyl groups is 5. The molecule has 6 fully saturated rings. The standard InChI is InChI=1S/C34H52O10/c1-16(23-14-32(3)34(5,44-32)30(40)43-23)20-8-9-21-19-7-6-17-12-18(41-29-28(39)27(38)26(37)24(15-35)42-29)13-25(36)33(17,4)22(19)10-11-31(20,21)2/h6,16,18-29,35-39H,7-15H2,1-5H3/t16-,18+,19+,20+,21+,22-,23-,24+,25-,26+,27-,28+,29+,31+,32-,33-,34+/m1/s1. The molecule has 10 nitrogen and oxygen atoms in total. The zero-order valence-electron chi connectivity index (χ0n) is 26.7. The quantitative estimate of drug-likeness (QED) is 0.175. The van der Waals surface area contributed by atoms with Crippen LogP contribution in [-0.2, 0) is 23.7 Å². The van der Waals surface area contributed by atoms with E-state index in [1.54, 1.807) is 0 Å². The van der Waals surface area contributed by atoms with E-state index in [0.29, 0.717) is 36.5 Å². The van der Waals surface area contributed by atoms with E-state index in [-0.39, 0.29) is 28.8 Å². The third-order valence-electron chi connectivity index (χ3n) is 14.3. The number of esters is 1. The number of hydrogen-bond donors (Lipinski definition) is 5. The molecule has 0 unspecified atom stereocenters. The molecule has 0 spiro atoms. The highest BCUT2D eigenvalue weighted by Crippen LogP contribution is 2.68. The van der Waals surface area contributed by atoms with Gasteiger partial charge in [-0.15, -0.1) is 0 Å². The van der Waals surface area contributed by atoms with Gasteiger partial charge in [-0.2, -0.15) is 0 Å². The van der Waals surface area contributed by atoms with Crippen molar-refractivity contribution < 1.29 is 49.3 Å². The van der Waals surface area contributed by atoms with Crippen molar-refractivity contribution in [3.05, 3.63) is 11.6 Å². The van der Waals surface area contributed by atoms with Gasteiger partial charge in [0.1, 0.15) is 36.1 Å². The lowest BCUT2D eigenvalue weighted by Crippen LogP contribution is -2.60. The normalized spacial score (nSPS) is 57.2. The minimum Gasteiger partial charge on any atom is -0.460 e. The Hall–Kier alpha value is -1.11. The molecule has 3 saturated carbocycles. The summed E-state index contributed by atoms with van der Waals surface area (Å²) in [5, 5.41) is 52.2. The number of ether oxygens (including phenoxy) is 4. The van der Waals surface area contributed by atoms with Gasteiger partial charge in [-0.05, 0) is 87.4 Å². The number of allylic oxidation sites excluding steroid dienone is 1. The van der Waals surface area contributed by atoms with Gasteiger partial charge in [0.25, 0.3) is 0 Å². The second kappa shape index (κ2) is 10.4. The van der Waals surface area contributed by atoms with Crippen LogP contribution in [0.1, 0.15) is 86.0 Å². The zero-order valence-corrected chi connectivity index (χ0v) is 26.7. The minimum absolute atomic E-state index is 0.127. The molecule has 0 aromatic heterocycles. The summed E-state index contributed by atoms with van der Waals surface area (Å²) in [7, 11) is 0. The summed E-state index contributed by atoms with van der Waals surface area (Å²) >= 11 is 0. The fourth-order valence-corrected chi connectivity index (χ4v) is 11.2. The molecule has 10 heteroatoms. The van der Waals surface area contributed by atoms with Crippen LogP contribution in [0.4, 0.5) is 0 Å². The minimum atomic E-state index is -1.50. The van der Waals surface area contributed by atoms with Crippen molar-refractivity contribution >= 4 is 5.97 Å². The van der Waals surface area contributed by atoms with Crippen LogP contribution in [0.5, 0.6) is 0 Å². The third kappa shape index (κ3) is 4.31. The number of epoxide rings is 1. The van der Waals surface area contributed by atoms with Crippen molar-refractivity contribution in [2.45, 2.75) is 146 Å². The molecular weight excluding hydrogens is 568 g/mol. The fourth-order valence-electron chi connectivity index (χ4n) is 11.2. The van der Waals surface area contributed by atoms with Crippen molar-refractivity contribution in [1.82, 2.24) is 0 Å². The van der Waals surface area contributed by atoms with Crippen LogP contribution >= 0.6 is 0 Å². The Balaban J connectivity index is 1.06. The molecule has 5 N–H and O–H groups in total. The fraction of sp³-hybridized carbons (Fsp3) is 0.912. The molecule has 0 aromatic carbocycles. The Labute approximate surface area is 260 Å². The summed E-state index contributed by atoms with van der Waals surface area (Å²) in [6, 6.07) is 0. The van der Waals surface area contributed by atoms with Crippen molar-refractivity contribution in [3.8, 4) is 0 Å². The molecule has 0 bridgehead atoms. The first-order valence-corrected chi connectivity index (χ1v) is 16.9. The molecule has 0 radical (unpaired) electrons. The lowest BCUT2D eigenvalue weighted by atomic mass is 9.46. The lowest BCUT2D eigenvalue weighted by Gasteiger charge is -2.60. The Morgan fingerprint density at radius 3 is 2.48 bits per heavy atom. The van der Waals surface area contributed by atoms with Gasteiger partial charge in [0.05, 0.1) is 18.8 Å². The molecule has 3 saturated heterocycles. The van der Waals surface area contributed by atoms with Gasteiger partial charge in [-0.25, -0.2) is 4.79 Å². The maximum atomic E-state index is 12.8. The van der Waals surface area contributed by atoms with Crippen molar-refractivity contribution in [2.24, 2.45) is 40.4 Å². The SMILES string of the molecule is C[C@@H]([C@H]1C[C@@]2(C)O[C@@]2(C)C(=O)O1)[C@@H]1CC[C@H]2[C@@H]3CC=C4C[C@H](O[C@H]5O[C@@H](CO)[C@H](O)[C@@H](O)[C@@H]5O)C[C@@H](O)[C@@]4(C)[C@@H]3CC[C@@]12C. The van der Waals surface area contributed by atoms with Gasteiger partial charge < -0.3 is 44.5 Å². The molecule has 17 atom stereocenters. The van der Waals surface area contributed by atoms with Crippen LogP contribution in [0.3, 0.4) is 0 Å². The van der Waals surface area contributed by atoms with E-state index in [1.807, 2.05) is 13.8 Å². The molecule has 3 heterocycles. The first-order chi connectivity index (χ1) is 20.7. The Bertz CT molecular complexity index is 1190. The highest BCUT2D eigenvalue weighted by atomic mass is 16.7. The van der Waals surface area contributed by atoms with Gasteiger partial charge in [0.15, 0.2) is 11.9 Å².